The maximum Gasteiger partial charge on any atom is 0.336 e. The van der Waals surface area contributed by atoms with Crippen LogP contribution < -0.4 is 4.74 Å². The SMILES string of the molecule is CCOCCOc1nc(-c2ccc(C)cc2)n(C(=O)c2ccc(Cl)cc2Cl)n1. The van der Waals surface area contributed by atoms with Crippen molar-refractivity contribution in [3.05, 3.63) is 63.6 Å². The summed E-state index contributed by atoms with van der Waals surface area (Å²) in [5.74, 6) is -0.0631. The van der Waals surface area contributed by atoms with Crippen LogP contribution >= 0.6 is 23.2 Å². The zero-order valence-corrected chi connectivity index (χ0v) is 17.0. The summed E-state index contributed by atoms with van der Waals surface area (Å²) in [4.78, 5) is 17.5. The van der Waals surface area contributed by atoms with Crippen molar-refractivity contribution >= 4 is 29.1 Å². The van der Waals surface area contributed by atoms with E-state index >= 15 is 0 Å². The van der Waals surface area contributed by atoms with Crippen LogP contribution in [0.25, 0.3) is 11.4 Å². The summed E-state index contributed by atoms with van der Waals surface area (Å²) >= 11 is 12.1. The highest BCUT2D eigenvalue weighted by Gasteiger charge is 2.22. The quantitative estimate of drug-likeness (QED) is 0.520. The van der Waals surface area contributed by atoms with E-state index < -0.39 is 5.91 Å². The lowest BCUT2D eigenvalue weighted by atomic mass is 10.1. The molecule has 0 aliphatic rings. The fraction of sp³-hybridized carbons (Fsp3) is 0.250. The first-order chi connectivity index (χ1) is 13.5. The van der Waals surface area contributed by atoms with Crippen molar-refractivity contribution in [2.75, 3.05) is 19.8 Å². The lowest BCUT2D eigenvalue weighted by Gasteiger charge is -2.07. The van der Waals surface area contributed by atoms with Crippen molar-refractivity contribution in [2.45, 2.75) is 13.8 Å². The van der Waals surface area contributed by atoms with Crippen molar-refractivity contribution in [3.63, 3.8) is 0 Å². The van der Waals surface area contributed by atoms with Crippen LogP contribution in [-0.4, -0.2) is 40.5 Å². The Morgan fingerprint density at radius 3 is 2.54 bits per heavy atom. The maximum atomic E-state index is 13.1. The van der Waals surface area contributed by atoms with Gasteiger partial charge < -0.3 is 9.47 Å². The molecule has 0 N–H and O–H groups in total. The highest BCUT2D eigenvalue weighted by atomic mass is 35.5. The molecule has 0 bridgehead atoms. The van der Waals surface area contributed by atoms with Crippen LogP contribution in [-0.2, 0) is 4.74 Å². The predicted molar refractivity (Wildman–Crippen MR) is 108 cm³/mol. The van der Waals surface area contributed by atoms with E-state index in [1.165, 1.54) is 10.7 Å². The Labute approximate surface area is 173 Å². The van der Waals surface area contributed by atoms with Crippen molar-refractivity contribution in [3.8, 4) is 17.4 Å². The summed E-state index contributed by atoms with van der Waals surface area (Å²) < 4.78 is 12.0. The zero-order chi connectivity index (χ0) is 20.1. The first kappa shape index (κ1) is 20.3. The molecule has 0 aliphatic carbocycles. The summed E-state index contributed by atoms with van der Waals surface area (Å²) in [7, 11) is 0. The second-order valence-electron chi connectivity index (χ2n) is 5.97. The minimum atomic E-state index is -0.426. The van der Waals surface area contributed by atoms with Gasteiger partial charge in [-0.1, -0.05) is 53.0 Å². The molecule has 0 unspecified atom stereocenters. The van der Waals surface area contributed by atoms with Gasteiger partial charge in [0.1, 0.15) is 6.61 Å². The molecule has 0 saturated heterocycles. The van der Waals surface area contributed by atoms with Crippen molar-refractivity contribution < 1.29 is 14.3 Å². The van der Waals surface area contributed by atoms with Crippen LogP contribution in [0.2, 0.25) is 10.0 Å². The third-order valence-electron chi connectivity index (χ3n) is 3.91. The van der Waals surface area contributed by atoms with Gasteiger partial charge in [-0.2, -0.15) is 9.67 Å². The molecule has 0 radical (unpaired) electrons. The number of aromatic nitrogens is 3. The molecule has 0 amide bonds. The van der Waals surface area contributed by atoms with Gasteiger partial charge in [-0.05, 0) is 32.0 Å². The van der Waals surface area contributed by atoms with Gasteiger partial charge >= 0.3 is 6.01 Å². The van der Waals surface area contributed by atoms with Gasteiger partial charge in [0.25, 0.3) is 5.91 Å². The van der Waals surface area contributed by atoms with E-state index in [0.29, 0.717) is 24.1 Å². The number of hydrogen-bond acceptors (Lipinski definition) is 5. The zero-order valence-electron chi connectivity index (χ0n) is 15.5. The average molecular weight is 420 g/mol. The number of carbonyl (C=O) groups is 1. The molecule has 1 heterocycles. The Balaban J connectivity index is 1.98. The Morgan fingerprint density at radius 1 is 1.11 bits per heavy atom. The van der Waals surface area contributed by atoms with Gasteiger partial charge in [-0.3, -0.25) is 4.79 Å². The minimum Gasteiger partial charge on any atom is -0.460 e. The molecule has 1 aromatic heterocycles. The van der Waals surface area contributed by atoms with Crippen molar-refractivity contribution in [1.82, 2.24) is 14.8 Å². The number of ether oxygens (including phenoxy) is 2. The minimum absolute atomic E-state index is 0.0914. The first-order valence-electron chi connectivity index (χ1n) is 8.74. The molecule has 146 valence electrons. The Bertz CT molecular complexity index is 971. The standard InChI is InChI=1S/C20H19Cl2N3O3/c1-3-27-10-11-28-20-23-18(14-6-4-13(2)5-7-14)25(24-20)19(26)16-9-8-15(21)12-17(16)22/h4-9,12H,3,10-11H2,1-2H3. The van der Waals surface area contributed by atoms with Gasteiger partial charge in [-0.25, -0.2) is 0 Å². The normalized spacial score (nSPS) is 10.9. The number of halogens is 2. The third kappa shape index (κ3) is 4.70. The molecule has 2 aromatic carbocycles. The Morgan fingerprint density at radius 2 is 1.86 bits per heavy atom. The maximum absolute atomic E-state index is 13.1. The molecular formula is C20H19Cl2N3O3. The molecular weight excluding hydrogens is 401 g/mol. The van der Waals surface area contributed by atoms with Crippen LogP contribution in [0.15, 0.2) is 42.5 Å². The van der Waals surface area contributed by atoms with E-state index in [-0.39, 0.29) is 23.2 Å². The summed E-state index contributed by atoms with van der Waals surface area (Å²) in [6.45, 7) is 5.16. The molecule has 0 aliphatic heterocycles. The van der Waals surface area contributed by atoms with E-state index in [4.69, 9.17) is 32.7 Å². The molecule has 28 heavy (non-hydrogen) atoms. The molecule has 3 aromatic rings. The molecule has 6 nitrogen and oxygen atoms in total. The van der Waals surface area contributed by atoms with E-state index in [2.05, 4.69) is 10.1 Å². The lowest BCUT2D eigenvalue weighted by molar-refractivity contribution is 0.0938. The van der Waals surface area contributed by atoms with Gasteiger partial charge in [0.15, 0.2) is 5.82 Å². The monoisotopic (exact) mass is 419 g/mol. The number of aryl methyl sites for hydroxylation is 1. The topological polar surface area (TPSA) is 66.2 Å². The van der Waals surface area contributed by atoms with E-state index in [1.807, 2.05) is 38.1 Å². The van der Waals surface area contributed by atoms with E-state index in [9.17, 15) is 4.79 Å². The fourth-order valence-electron chi connectivity index (χ4n) is 2.50. The van der Waals surface area contributed by atoms with Crippen molar-refractivity contribution in [1.29, 1.82) is 0 Å². The molecule has 8 heteroatoms. The van der Waals surface area contributed by atoms with Crippen LogP contribution in [0.3, 0.4) is 0 Å². The Hall–Kier alpha value is -2.41. The van der Waals surface area contributed by atoms with Gasteiger partial charge in [-0.15, -0.1) is 5.10 Å². The van der Waals surface area contributed by atoms with Gasteiger partial charge in [0.05, 0.1) is 17.2 Å². The van der Waals surface area contributed by atoms with E-state index in [0.717, 1.165) is 11.1 Å². The highest BCUT2D eigenvalue weighted by Crippen LogP contribution is 2.25. The van der Waals surface area contributed by atoms with Crippen LogP contribution in [0.1, 0.15) is 22.8 Å². The van der Waals surface area contributed by atoms with Crippen molar-refractivity contribution in [2.24, 2.45) is 0 Å². The average Bonchev–Trinajstić information content (AvgIpc) is 3.09. The van der Waals surface area contributed by atoms with Crippen LogP contribution in [0.5, 0.6) is 6.01 Å². The first-order valence-corrected chi connectivity index (χ1v) is 9.49. The second kappa shape index (κ2) is 9.19. The summed E-state index contributed by atoms with van der Waals surface area (Å²) in [6.07, 6.45) is 0. The highest BCUT2D eigenvalue weighted by molar-refractivity contribution is 6.36. The summed E-state index contributed by atoms with van der Waals surface area (Å²) in [6, 6.07) is 12.4. The van der Waals surface area contributed by atoms with Gasteiger partial charge in [0, 0.05) is 17.2 Å². The number of carbonyl (C=O) groups excluding carboxylic acids is 1. The number of rotatable bonds is 7. The Kier molecular flexibility index (Phi) is 6.67. The number of nitrogens with zero attached hydrogens (tertiary/aromatic N) is 3. The van der Waals surface area contributed by atoms with Crippen LogP contribution in [0, 0.1) is 6.92 Å². The molecule has 0 spiro atoms. The predicted octanol–water partition coefficient (Wildman–Crippen LogP) is 4.66. The second-order valence-corrected chi connectivity index (χ2v) is 6.81. The smallest absolute Gasteiger partial charge is 0.336 e. The summed E-state index contributed by atoms with van der Waals surface area (Å²) in [5, 5.41) is 4.91. The van der Waals surface area contributed by atoms with E-state index in [1.54, 1.807) is 12.1 Å². The van der Waals surface area contributed by atoms with Gasteiger partial charge in [0.2, 0.25) is 0 Å². The number of benzene rings is 2. The molecule has 0 fully saturated rings. The summed E-state index contributed by atoms with van der Waals surface area (Å²) in [5.41, 5.74) is 2.09. The molecule has 0 saturated carbocycles. The third-order valence-corrected chi connectivity index (χ3v) is 4.46. The lowest BCUT2D eigenvalue weighted by Crippen LogP contribution is -2.16. The number of hydrogen-bond donors (Lipinski definition) is 0. The fourth-order valence-corrected chi connectivity index (χ4v) is 2.99. The molecule has 0 atom stereocenters. The largest absolute Gasteiger partial charge is 0.460 e. The molecule has 3 rings (SSSR count). The van der Waals surface area contributed by atoms with Crippen LogP contribution in [0.4, 0.5) is 0 Å².